The first-order chi connectivity index (χ1) is 11.4. The summed E-state index contributed by atoms with van der Waals surface area (Å²) in [6.45, 7) is 2.98. The number of carbonyl (C=O) groups excluding carboxylic acids is 2. The number of nitrogens with zero attached hydrogens (tertiary/aromatic N) is 2. The van der Waals surface area contributed by atoms with Crippen LogP contribution in [0.3, 0.4) is 0 Å². The van der Waals surface area contributed by atoms with Crippen LogP contribution < -0.4 is 20.4 Å². The van der Waals surface area contributed by atoms with Crippen molar-refractivity contribution in [2.75, 3.05) is 44.0 Å². The molecule has 0 radical (unpaired) electrons. The first-order valence-corrected chi connectivity index (χ1v) is 8.44. The van der Waals surface area contributed by atoms with Gasteiger partial charge in [0, 0.05) is 39.1 Å². The average molecular weight is 332 g/mol. The summed E-state index contributed by atoms with van der Waals surface area (Å²) in [7, 11) is 5.89. The second kappa shape index (κ2) is 8.04. The van der Waals surface area contributed by atoms with Crippen molar-refractivity contribution in [3.8, 4) is 0 Å². The fourth-order valence-electron chi connectivity index (χ4n) is 2.94. The fraction of sp³-hybridized carbons (Fsp3) is 0.556. The summed E-state index contributed by atoms with van der Waals surface area (Å²) < 4.78 is 0. The van der Waals surface area contributed by atoms with Gasteiger partial charge in [0.1, 0.15) is 6.04 Å². The molecule has 6 nitrogen and oxygen atoms in total. The molecule has 1 heterocycles. The highest BCUT2D eigenvalue weighted by molar-refractivity contribution is 5.89. The van der Waals surface area contributed by atoms with Gasteiger partial charge in [-0.25, -0.2) is 0 Å². The van der Waals surface area contributed by atoms with Gasteiger partial charge in [-0.15, -0.1) is 0 Å². The topological polar surface area (TPSA) is 64.7 Å². The van der Waals surface area contributed by atoms with Gasteiger partial charge in [0.2, 0.25) is 11.8 Å². The largest absolute Gasteiger partial charge is 0.377 e. The lowest BCUT2D eigenvalue weighted by Gasteiger charge is -2.24. The molecular weight excluding hydrogens is 304 g/mol. The standard InChI is InChI=1S/C18H28N4O2/c1-13-8-9-14(11-16(13)21(2)3)22(4)12-17(23)20-15-7-5-6-10-19-18(15)24/h8-9,11,15H,5-7,10,12H2,1-4H3,(H,19,24)(H,20,23)/t15-/m0/s1. The Hall–Kier alpha value is -2.24. The number of hydrogen-bond donors (Lipinski definition) is 2. The van der Waals surface area contributed by atoms with E-state index in [0.717, 1.165) is 24.2 Å². The summed E-state index contributed by atoms with van der Waals surface area (Å²) in [5.41, 5.74) is 3.30. The Morgan fingerprint density at radius 3 is 2.75 bits per heavy atom. The zero-order valence-corrected chi connectivity index (χ0v) is 15.1. The van der Waals surface area contributed by atoms with E-state index in [1.807, 2.05) is 32.1 Å². The van der Waals surface area contributed by atoms with Crippen LogP contribution in [0.2, 0.25) is 0 Å². The van der Waals surface area contributed by atoms with E-state index in [-0.39, 0.29) is 18.4 Å². The maximum atomic E-state index is 12.3. The number of amides is 2. The molecule has 0 aliphatic carbocycles. The Labute approximate surface area is 144 Å². The van der Waals surface area contributed by atoms with Gasteiger partial charge in [0.05, 0.1) is 6.54 Å². The van der Waals surface area contributed by atoms with E-state index in [1.54, 1.807) is 0 Å². The zero-order valence-electron chi connectivity index (χ0n) is 15.1. The van der Waals surface area contributed by atoms with Gasteiger partial charge >= 0.3 is 0 Å². The van der Waals surface area contributed by atoms with Gasteiger partial charge in [-0.3, -0.25) is 9.59 Å². The lowest BCUT2D eigenvalue weighted by molar-refractivity contribution is -0.128. The normalized spacial score (nSPS) is 17.7. The molecular formula is C18H28N4O2. The predicted molar refractivity (Wildman–Crippen MR) is 97.6 cm³/mol. The zero-order chi connectivity index (χ0) is 17.7. The molecule has 1 saturated heterocycles. The summed E-state index contributed by atoms with van der Waals surface area (Å²) in [5, 5.41) is 5.69. The van der Waals surface area contributed by atoms with Crippen LogP contribution in [0, 0.1) is 6.92 Å². The van der Waals surface area contributed by atoms with Crippen molar-refractivity contribution in [1.29, 1.82) is 0 Å². The molecule has 0 saturated carbocycles. The molecule has 24 heavy (non-hydrogen) atoms. The summed E-state index contributed by atoms with van der Waals surface area (Å²) in [4.78, 5) is 28.2. The molecule has 0 aromatic heterocycles. The van der Waals surface area contributed by atoms with Gasteiger partial charge in [0.25, 0.3) is 0 Å². The lowest BCUT2D eigenvalue weighted by Crippen LogP contribution is -2.48. The van der Waals surface area contributed by atoms with Crippen LogP contribution in [-0.4, -0.2) is 52.1 Å². The summed E-state index contributed by atoms with van der Waals surface area (Å²) >= 11 is 0. The van der Waals surface area contributed by atoms with E-state index in [2.05, 4.69) is 34.6 Å². The predicted octanol–water partition coefficient (Wildman–Crippen LogP) is 1.28. The Bertz CT molecular complexity index is 601. The molecule has 2 rings (SSSR count). The third-order valence-electron chi connectivity index (χ3n) is 4.37. The summed E-state index contributed by atoms with van der Waals surface area (Å²) in [6.07, 6.45) is 2.62. The Balaban J connectivity index is 1.98. The Morgan fingerprint density at radius 1 is 1.29 bits per heavy atom. The van der Waals surface area contributed by atoms with E-state index in [9.17, 15) is 9.59 Å². The lowest BCUT2D eigenvalue weighted by atomic mass is 10.1. The SMILES string of the molecule is Cc1ccc(N(C)CC(=O)N[C@H]2CCCCNC2=O)cc1N(C)C. The number of nitrogens with one attached hydrogen (secondary N) is 2. The molecule has 1 aromatic carbocycles. The Kier molecular flexibility index (Phi) is 6.06. The number of benzene rings is 1. The van der Waals surface area contributed by atoms with Crippen molar-refractivity contribution in [2.24, 2.45) is 0 Å². The van der Waals surface area contributed by atoms with E-state index in [1.165, 1.54) is 5.56 Å². The van der Waals surface area contributed by atoms with E-state index in [0.29, 0.717) is 13.0 Å². The van der Waals surface area contributed by atoms with Gasteiger partial charge < -0.3 is 20.4 Å². The minimum atomic E-state index is -0.413. The van der Waals surface area contributed by atoms with Crippen LogP contribution in [0.1, 0.15) is 24.8 Å². The van der Waals surface area contributed by atoms with Crippen LogP contribution >= 0.6 is 0 Å². The van der Waals surface area contributed by atoms with Crippen LogP contribution in [-0.2, 0) is 9.59 Å². The molecule has 1 aliphatic rings. The maximum Gasteiger partial charge on any atom is 0.242 e. The first kappa shape index (κ1) is 18.1. The Morgan fingerprint density at radius 2 is 2.04 bits per heavy atom. The third kappa shape index (κ3) is 4.63. The van der Waals surface area contributed by atoms with Gasteiger partial charge in [-0.2, -0.15) is 0 Å². The molecule has 6 heteroatoms. The second-order valence-corrected chi connectivity index (χ2v) is 6.63. The van der Waals surface area contributed by atoms with Crippen molar-refractivity contribution in [3.63, 3.8) is 0 Å². The van der Waals surface area contributed by atoms with Crippen molar-refractivity contribution in [1.82, 2.24) is 10.6 Å². The highest BCUT2D eigenvalue weighted by Crippen LogP contribution is 2.24. The molecule has 1 aliphatic heterocycles. The quantitative estimate of drug-likeness (QED) is 0.853. The van der Waals surface area contributed by atoms with Crippen LogP contribution in [0.15, 0.2) is 18.2 Å². The number of carbonyl (C=O) groups is 2. The monoisotopic (exact) mass is 332 g/mol. The summed E-state index contributed by atoms with van der Waals surface area (Å²) in [5.74, 6) is -0.208. The number of anilines is 2. The third-order valence-corrected chi connectivity index (χ3v) is 4.37. The van der Waals surface area contributed by atoms with Crippen LogP contribution in [0.5, 0.6) is 0 Å². The number of aryl methyl sites for hydroxylation is 1. The van der Waals surface area contributed by atoms with Crippen molar-refractivity contribution >= 4 is 23.2 Å². The second-order valence-electron chi connectivity index (χ2n) is 6.63. The van der Waals surface area contributed by atoms with Gasteiger partial charge in [-0.05, 0) is 43.9 Å². The van der Waals surface area contributed by atoms with Crippen molar-refractivity contribution < 1.29 is 9.59 Å². The van der Waals surface area contributed by atoms with Crippen molar-refractivity contribution in [2.45, 2.75) is 32.2 Å². The average Bonchev–Trinajstić information content (AvgIpc) is 2.72. The van der Waals surface area contributed by atoms with E-state index < -0.39 is 6.04 Å². The fourth-order valence-corrected chi connectivity index (χ4v) is 2.94. The molecule has 1 fully saturated rings. The van der Waals surface area contributed by atoms with Crippen LogP contribution in [0.4, 0.5) is 11.4 Å². The molecule has 0 bridgehead atoms. The summed E-state index contributed by atoms with van der Waals surface area (Å²) in [6, 6.07) is 5.72. The highest BCUT2D eigenvalue weighted by Gasteiger charge is 2.22. The number of likely N-dealkylation sites (N-methyl/N-ethyl adjacent to an activating group) is 1. The van der Waals surface area contributed by atoms with Gasteiger partial charge in [0.15, 0.2) is 0 Å². The number of hydrogen-bond acceptors (Lipinski definition) is 4. The first-order valence-electron chi connectivity index (χ1n) is 8.44. The maximum absolute atomic E-state index is 12.3. The molecule has 132 valence electrons. The minimum Gasteiger partial charge on any atom is -0.377 e. The minimum absolute atomic E-state index is 0.0752. The molecule has 1 atom stereocenters. The number of rotatable bonds is 5. The van der Waals surface area contributed by atoms with E-state index in [4.69, 9.17) is 0 Å². The van der Waals surface area contributed by atoms with Crippen LogP contribution in [0.25, 0.3) is 0 Å². The molecule has 0 unspecified atom stereocenters. The smallest absolute Gasteiger partial charge is 0.242 e. The highest BCUT2D eigenvalue weighted by atomic mass is 16.2. The van der Waals surface area contributed by atoms with E-state index >= 15 is 0 Å². The molecule has 1 aromatic rings. The molecule has 2 N–H and O–H groups in total. The van der Waals surface area contributed by atoms with Gasteiger partial charge in [-0.1, -0.05) is 6.07 Å². The van der Waals surface area contributed by atoms with Crippen molar-refractivity contribution in [3.05, 3.63) is 23.8 Å². The molecule has 0 spiro atoms. The molecule has 2 amide bonds.